The van der Waals surface area contributed by atoms with Gasteiger partial charge in [0.05, 0.1) is 17.8 Å². The minimum absolute atomic E-state index is 0.0816. The lowest BCUT2D eigenvalue weighted by Crippen LogP contribution is -2.31. The minimum atomic E-state index is -3.55. The van der Waals surface area contributed by atoms with Crippen LogP contribution in [0.2, 0.25) is 0 Å². The Morgan fingerprint density at radius 3 is 2.41 bits per heavy atom. The number of ether oxygens (including phenoxy) is 1. The lowest BCUT2D eigenvalue weighted by Gasteiger charge is -2.19. The van der Waals surface area contributed by atoms with Crippen LogP contribution in [0.3, 0.4) is 0 Å². The van der Waals surface area contributed by atoms with Crippen molar-refractivity contribution in [1.82, 2.24) is 9.29 Å². The van der Waals surface area contributed by atoms with Crippen LogP contribution in [-0.4, -0.2) is 37.9 Å². The predicted molar refractivity (Wildman–Crippen MR) is 68.6 cm³/mol. The molecule has 0 saturated heterocycles. The Labute approximate surface area is 110 Å². The number of nitrogens with zero attached hydrogens (tertiary/aromatic N) is 2. The van der Waals surface area contributed by atoms with E-state index in [2.05, 4.69) is 20.9 Å². The summed E-state index contributed by atoms with van der Waals surface area (Å²) in [5.74, 6) is 0.284. The molecule has 0 radical (unpaired) electrons. The van der Waals surface area contributed by atoms with Crippen LogP contribution in [0.5, 0.6) is 5.75 Å². The summed E-state index contributed by atoms with van der Waals surface area (Å²) in [7, 11) is -2.12. The highest BCUT2D eigenvalue weighted by atomic mass is 79.9. The Bertz CT molecular complexity index is 486. The topological polar surface area (TPSA) is 59.5 Å². The van der Waals surface area contributed by atoms with Crippen molar-refractivity contribution in [2.24, 2.45) is 0 Å². The Kier molecular flexibility index (Phi) is 4.91. The molecule has 0 aliphatic heterocycles. The van der Waals surface area contributed by atoms with E-state index in [1.165, 1.54) is 23.8 Å². The van der Waals surface area contributed by atoms with Crippen molar-refractivity contribution < 1.29 is 13.2 Å². The lowest BCUT2D eigenvalue weighted by atomic mass is 10.4. The third-order valence-electron chi connectivity index (χ3n) is 2.35. The van der Waals surface area contributed by atoms with Crippen molar-refractivity contribution in [2.75, 3.05) is 20.2 Å². The van der Waals surface area contributed by atoms with E-state index >= 15 is 0 Å². The smallest absolute Gasteiger partial charge is 0.248 e. The molecule has 0 N–H and O–H groups in total. The second-order valence-corrected chi connectivity index (χ2v) is 6.00. The molecule has 17 heavy (non-hydrogen) atoms. The first kappa shape index (κ1) is 14.4. The number of hydrogen-bond acceptors (Lipinski definition) is 4. The van der Waals surface area contributed by atoms with Gasteiger partial charge in [0.1, 0.15) is 4.90 Å². The maximum atomic E-state index is 12.3. The summed E-state index contributed by atoms with van der Waals surface area (Å²) in [6, 6.07) is 0. The molecule has 0 bridgehead atoms. The number of pyridine rings is 1. The van der Waals surface area contributed by atoms with Crippen LogP contribution in [0, 0.1) is 0 Å². The van der Waals surface area contributed by atoms with Crippen molar-refractivity contribution in [3.05, 3.63) is 16.9 Å². The molecule has 1 aromatic rings. The van der Waals surface area contributed by atoms with Crippen molar-refractivity contribution in [3.8, 4) is 5.75 Å². The quantitative estimate of drug-likeness (QED) is 0.830. The molecule has 0 unspecified atom stereocenters. The molecule has 1 aromatic heterocycles. The molecule has 0 aliphatic rings. The first-order chi connectivity index (χ1) is 7.98. The molecule has 0 aromatic carbocycles. The molecule has 0 amide bonds. The van der Waals surface area contributed by atoms with E-state index in [0.29, 0.717) is 17.6 Å². The van der Waals surface area contributed by atoms with Gasteiger partial charge in [-0.25, -0.2) is 8.42 Å². The Morgan fingerprint density at radius 2 is 1.94 bits per heavy atom. The van der Waals surface area contributed by atoms with Gasteiger partial charge >= 0.3 is 0 Å². The van der Waals surface area contributed by atoms with Gasteiger partial charge in [-0.3, -0.25) is 4.98 Å². The molecular formula is C10H15BrN2O3S. The highest BCUT2D eigenvalue weighted by Gasteiger charge is 2.27. The van der Waals surface area contributed by atoms with Gasteiger partial charge in [-0.1, -0.05) is 13.8 Å². The normalized spacial score (nSPS) is 11.8. The first-order valence-corrected chi connectivity index (χ1v) is 7.39. The summed E-state index contributed by atoms with van der Waals surface area (Å²) in [6.45, 7) is 4.40. The number of aromatic nitrogens is 1. The van der Waals surface area contributed by atoms with Crippen molar-refractivity contribution in [2.45, 2.75) is 18.7 Å². The summed E-state index contributed by atoms with van der Waals surface area (Å²) in [5.41, 5.74) is 0. The largest absolute Gasteiger partial charge is 0.494 e. The van der Waals surface area contributed by atoms with Crippen molar-refractivity contribution in [3.63, 3.8) is 0 Å². The van der Waals surface area contributed by atoms with Gasteiger partial charge in [0.15, 0.2) is 5.75 Å². The fraction of sp³-hybridized carbons (Fsp3) is 0.500. The van der Waals surface area contributed by atoms with Crippen LogP contribution in [0.25, 0.3) is 0 Å². The fourth-order valence-corrected chi connectivity index (χ4v) is 3.69. The standard InChI is InChI=1S/C10H15BrN2O3S/c1-4-13(5-2)17(14,15)9-7-12-6-8(11)10(9)16-3/h6-7H,4-5H2,1-3H3. The molecule has 7 heteroatoms. The van der Waals surface area contributed by atoms with E-state index < -0.39 is 10.0 Å². The monoisotopic (exact) mass is 322 g/mol. The Balaban J connectivity index is 3.38. The summed E-state index contributed by atoms with van der Waals surface area (Å²) in [5, 5.41) is 0. The molecule has 0 fully saturated rings. The van der Waals surface area contributed by atoms with Gasteiger partial charge < -0.3 is 4.74 Å². The zero-order chi connectivity index (χ0) is 13.1. The van der Waals surface area contributed by atoms with Gasteiger partial charge in [0.25, 0.3) is 0 Å². The molecule has 0 spiro atoms. The number of rotatable bonds is 5. The van der Waals surface area contributed by atoms with E-state index in [1.807, 2.05) is 0 Å². The van der Waals surface area contributed by atoms with Gasteiger partial charge in [0, 0.05) is 19.3 Å². The maximum Gasteiger partial charge on any atom is 0.248 e. The van der Waals surface area contributed by atoms with Crippen LogP contribution < -0.4 is 4.74 Å². The Morgan fingerprint density at radius 1 is 1.35 bits per heavy atom. The maximum absolute atomic E-state index is 12.3. The van der Waals surface area contributed by atoms with Crippen LogP contribution in [0.15, 0.2) is 21.8 Å². The molecule has 0 saturated carbocycles. The summed E-state index contributed by atoms with van der Waals surface area (Å²) in [4.78, 5) is 3.96. The van der Waals surface area contributed by atoms with Gasteiger partial charge in [-0.2, -0.15) is 4.31 Å². The van der Waals surface area contributed by atoms with E-state index in [1.54, 1.807) is 13.8 Å². The molecule has 0 aliphatic carbocycles. The molecule has 5 nitrogen and oxygen atoms in total. The third-order valence-corrected chi connectivity index (χ3v) is 4.96. The molecule has 96 valence electrons. The third kappa shape index (κ3) is 2.78. The SMILES string of the molecule is CCN(CC)S(=O)(=O)c1cncc(Br)c1OC. The van der Waals surface area contributed by atoms with Crippen LogP contribution >= 0.6 is 15.9 Å². The highest BCUT2D eigenvalue weighted by molar-refractivity contribution is 9.10. The predicted octanol–water partition coefficient (Wildman–Crippen LogP) is 1.88. The van der Waals surface area contributed by atoms with Gasteiger partial charge in [-0.05, 0) is 15.9 Å². The van der Waals surface area contributed by atoms with Gasteiger partial charge in [-0.15, -0.1) is 0 Å². The van der Waals surface area contributed by atoms with Crippen LogP contribution in [0.4, 0.5) is 0 Å². The van der Waals surface area contributed by atoms with E-state index in [-0.39, 0.29) is 10.6 Å². The van der Waals surface area contributed by atoms with E-state index in [9.17, 15) is 8.42 Å². The van der Waals surface area contributed by atoms with Crippen LogP contribution in [0.1, 0.15) is 13.8 Å². The number of hydrogen-bond donors (Lipinski definition) is 0. The van der Waals surface area contributed by atoms with Gasteiger partial charge in [0.2, 0.25) is 10.0 Å². The number of sulfonamides is 1. The zero-order valence-electron chi connectivity index (χ0n) is 9.97. The molecule has 1 rings (SSSR count). The summed E-state index contributed by atoms with van der Waals surface area (Å²) in [6.07, 6.45) is 2.80. The summed E-state index contributed by atoms with van der Waals surface area (Å²) >= 11 is 3.22. The lowest BCUT2D eigenvalue weighted by molar-refractivity contribution is 0.392. The zero-order valence-corrected chi connectivity index (χ0v) is 12.4. The van der Waals surface area contributed by atoms with Crippen molar-refractivity contribution in [1.29, 1.82) is 0 Å². The number of methoxy groups -OCH3 is 1. The molecular weight excluding hydrogens is 308 g/mol. The van der Waals surface area contributed by atoms with E-state index in [4.69, 9.17) is 4.74 Å². The minimum Gasteiger partial charge on any atom is -0.494 e. The van der Waals surface area contributed by atoms with Crippen molar-refractivity contribution >= 4 is 26.0 Å². The fourth-order valence-electron chi connectivity index (χ4n) is 1.49. The highest BCUT2D eigenvalue weighted by Crippen LogP contribution is 2.32. The van der Waals surface area contributed by atoms with Crippen LogP contribution in [-0.2, 0) is 10.0 Å². The molecule has 0 atom stereocenters. The van der Waals surface area contributed by atoms with E-state index in [0.717, 1.165) is 0 Å². The average molecular weight is 323 g/mol. The summed E-state index contributed by atoms with van der Waals surface area (Å²) < 4.78 is 31.6. The first-order valence-electron chi connectivity index (χ1n) is 5.16. The molecule has 1 heterocycles. The average Bonchev–Trinajstić information content (AvgIpc) is 2.29. The second-order valence-electron chi connectivity index (χ2n) is 3.24. The number of halogens is 1. The second kappa shape index (κ2) is 5.79. The Hall–Kier alpha value is -0.660.